The summed E-state index contributed by atoms with van der Waals surface area (Å²) in [6.07, 6.45) is 0.874. The predicted molar refractivity (Wildman–Crippen MR) is 91.5 cm³/mol. The van der Waals surface area contributed by atoms with Crippen LogP contribution >= 0.6 is 11.3 Å². The van der Waals surface area contributed by atoms with Gasteiger partial charge in [0.25, 0.3) is 0 Å². The van der Waals surface area contributed by atoms with Crippen molar-refractivity contribution >= 4 is 21.4 Å². The van der Waals surface area contributed by atoms with E-state index in [4.69, 9.17) is 0 Å². The van der Waals surface area contributed by atoms with Gasteiger partial charge in [-0.1, -0.05) is 37.3 Å². The average Bonchev–Trinajstić information content (AvgIpc) is 2.87. The molecule has 4 nitrogen and oxygen atoms in total. The highest BCUT2D eigenvalue weighted by Gasteiger charge is 2.27. The van der Waals surface area contributed by atoms with E-state index in [0.29, 0.717) is 0 Å². The molecule has 1 unspecified atom stereocenters. The zero-order chi connectivity index (χ0) is 16.3. The first-order chi connectivity index (χ1) is 10.3. The van der Waals surface area contributed by atoms with Crippen molar-refractivity contribution < 1.29 is 8.42 Å². The molecule has 0 aliphatic carbocycles. The van der Waals surface area contributed by atoms with Crippen molar-refractivity contribution in [3.63, 3.8) is 0 Å². The van der Waals surface area contributed by atoms with E-state index in [-0.39, 0.29) is 11.8 Å². The molecule has 0 spiro atoms. The standard InChI is InChI=1S/C16H22N2O2S2/c1-5-15-17-12(2)16(21-15)13(3)18(4)22(19,20)11-14-9-7-6-8-10-14/h6-10,13H,5,11H2,1-4H3. The Labute approximate surface area is 136 Å². The molecule has 0 saturated carbocycles. The third kappa shape index (κ3) is 3.74. The Morgan fingerprint density at radius 2 is 1.91 bits per heavy atom. The molecule has 1 aromatic carbocycles. The molecule has 6 heteroatoms. The van der Waals surface area contributed by atoms with E-state index < -0.39 is 10.0 Å². The molecular weight excluding hydrogens is 316 g/mol. The summed E-state index contributed by atoms with van der Waals surface area (Å²) in [5, 5.41) is 1.05. The van der Waals surface area contributed by atoms with E-state index in [1.807, 2.05) is 44.2 Å². The lowest BCUT2D eigenvalue weighted by molar-refractivity contribution is 0.401. The van der Waals surface area contributed by atoms with Crippen molar-refractivity contribution in [2.24, 2.45) is 0 Å². The number of hydrogen-bond donors (Lipinski definition) is 0. The highest BCUT2D eigenvalue weighted by Crippen LogP contribution is 2.31. The molecule has 22 heavy (non-hydrogen) atoms. The molecule has 0 bridgehead atoms. The van der Waals surface area contributed by atoms with Gasteiger partial charge >= 0.3 is 0 Å². The molecule has 120 valence electrons. The molecule has 0 N–H and O–H groups in total. The molecule has 1 heterocycles. The molecule has 0 radical (unpaired) electrons. The second kappa shape index (κ2) is 6.89. The highest BCUT2D eigenvalue weighted by atomic mass is 32.2. The first kappa shape index (κ1) is 17.1. The fourth-order valence-electron chi connectivity index (χ4n) is 2.30. The topological polar surface area (TPSA) is 50.3 Å². The van der Waals surface area contributed by atoms with Gasteiger partial charge in [0.15, 0.2) is 0 Å². The molecular formula is C16H22N2O2S2. The maximum absolute atomic E-state index is 12.6. The first-order valence-corrected chi connectivity index (χ1v) is 9.73. The van der Waals surface area contributed by atoms with Crippen molar-refractivity contribution in [1.29, 1.82) is 0 Å². The molecule has 0 fully saturated rings. The monoisotopic (exact) mass is 338 g/mol. The van der Waals surface area contributed by atoms with Crippen LogP contribution in [0.4, 0.5) is 0 Å². The van der Waals surface area contributed by atoms with E-state index in [1.54, 1.807) is 18.4 Å². The van der Waals surface area contributed by atoms with Crippen LogP contribution in [0, 0.1) is 6.92 Å². The molecule has 2 rings (SSSR count). The fraction of sp³-hybridized carbons (Fsp3) is 0.438. The minimum absolute atomic E-state index is 0.0210. The summed E-state index contributed by atoms with van der Waals surface area (Å²) in [7, 11) is -1.72. The molecule has 2 aromatic rings. The van der Waals surface area contributed by atoms with Gasteiger partial charge in [-0.3, -0.25) is 0 Å². The van der Waals surface area contributed by atoms with Crippen molar-refractivity contribution in [2.75, 3.05) is 7.05 Å². The van der Waals surface area contributed by atoms with Crippen LogP contribution < -0.4 is 0 Å². The largest absolute Gasteiger partial charge is 0.246 e. The third-order valence-corrected chi connectivity index (χ3v) is 7.10. The van der Waals surface area contributed by atoms with Gasteiger partial charge in [0.2, 0.25) is 10.0 Å². The predicted octanol–water partition coefficient (Wildman–Crippen LogP) is 3.54. The molecule has 0 aliphatic heterocycles. The van der Waals surface area contributed by atoms with Crippen LogP contribution in [0.15, 0.2) is 30.3 Å². The normalized spacial score (nSPS) is 13.5. The minimum atomic E-state index is -3.36. The smallest absolute Gasteiger partial charge is 0.218 e. The van der Waals surface area contributed by atoms with E-state index in [2.05, 4.69) is 11.9 Å². The van der Waals surface area contributed by atoms with Crippen LogP contribution in [0.3, 0.4) is 0 Å². The third-order valence-electron chi connectivity index (χ3n) is 3.73. The summed E-state index contributed by atoms with van der Waals surface area (Å²) in [6, 6.07) is 9.07. The Hall–Kier alpha value is -1.24. The lowest BCUT2D eigenvalue weighted by Crippen LogP contribution is -2.30. The zero-order valence-electron chi connectivity index (χ0n) is 13.4. The number of sulfonamides is 1. The van der Waals surface area contributed by atoms with Crippen LogP contribution in [-0.4, -0.2) is 24.8 Å². The number of hydrogen-bond acceptors (Lipinski definition) is 4. The first-order valence-electron chi connectivity index (χ1n) is 7.31. The number of aryl methyl sites for hydroxylation is 2. The maximum Gasteiger partial charge on any atom is 0.218 e. The molecule has 0 saturated heterocycles. The van der Waals surface area contributed by atoms with Crippen LogP contribution in [0.5, 0.6) is 0 Å². The van der Waals surface area contributed by atoms with Gasteiger partial charge in [0.05, 0.1) is 22.5 Å². The molecule has 1 aromatic heterocycles. The summed E-state index contributed by atoms with van der Waals surface area (Å²) in [4.78, 5) is 5.52. The Bertz CT molecular complexity index is 724. The molecule has 1 atom stereocenters. The lowest BCUT2D eigenvalue weighted by Gasteiger charge is -2.24. The van der Waals surface area contributed by atoms with Crippen LogP contribution in [0.25, 0.3) is 0 Å². The van der Waals surface area contributed by atoms with Gasteiger partial charge in [0, 0.05) is 11.9 Å². The number of nitrogens with zero attached hydrogens (tertiary/aromatic N) is 2. The van der Waals surface area contributed by atoms with Gasteiger partial charge < -0.3 is 0 Å². The van der Waals surface area contributed by atoms with Crippen LogP contribution in [-0.2, 0) is 22.2 Å². The number of rotatable bonds is 6. The Morgan fingerprint density at radius 3 is 2.45 bits per heavy atom. The van der Waals surface area contributed by atoms with Gasteiger partial charge in [-0.25, -0.2) is 13.4 Å². The SMILES string of the molecule is CCc1nc(C)c(C(C)N(C)S(=O)(=O)Cc2ccccc2)s1. The number of benzene rings is 1. The summed E-state index contributed by atoms with van der Waals surface area (Å²) in [6.45, 7) is 5.92. The van der Waals surface area contributed by atoms with E-state index in [1.165, 1.54) is 4.31 Å². The Morgan fingerprint density at radius 1 is 1.27 bits per heavy atom. The maximum atomic E-state index is 12.6. The quantitative estimate of drug-likeness (QED) is 0.809. The van der Waals surface area contributed by atoms with Gasteiger partial charge in [-0.2, -0.15) is 4.31 Å². The minimum Gasteiger partial charge on any atom is -0.246 e. The van der Waals surface area contributed by atoms with Crippen molar-refractivity contribution in [3.8, 4) is 0 Å². The Kier molecular flexibility index (Phi) is 5.36. The van der Waals surface area contributed by atoms with Crippen LogP contribution in [0.2, 0.25) is 0 Å². The van der Waals surface area contributed by atoms with Gasteiger partial charge in [0.1, 0.15) is 0 Å². The van der Waals surface area contributed by atoms with Gasteiger partial charge in [-0.05, 0) is 25.8 Å². The summed E-state index contributed by atoms with van der Waals surface area (Å²) < 4.78 is 26.7. The van der Waals surface area contributed by atoms with Crippen molar-refractivity contribution in [1.82, 2.24) is 9.29 Å². The van der Waals surface area contributed by atoms with E-state index >= 15 is 0 Å². The average molecular weight is 338 g/mol. The van der Waals surface area contributed by atoms with Crippen molar-refractivity contribution in [3.05, 3.63) is 51.5 Å². The second-order valence-electron chi connectivity index (χ2n) is 5.34. The Balaban J connectivity index is 2.21. The summed E-state index contributed by atoms with van der Waals surface area (Å²) >= 11 is 1.60. The highest BCUT2D eigenvalue weighted by molar-refractivity contribution is 7.88. The summed E-state index contributed by atoms with van der Waals surface area (Å²) in [5.41, 5.74) is 1.73. The summed E-state index contributed by atoms with van der Waals surface area (Å²) in [5.74, 6) is 0.0210. The van der Waals surface area contributed by atoms with Gasteiger partial charge in [-0.15, -0.1) is 11.3 Å². The zero-order valence-corrected chi connectivity index (χ0v) is 15.0. The van der Waals surface area contributed by atoms with E-state index in [0.717, 1.165) is 27.6 Å². The molecule has 0 aliphatic rings. The van der Waals surface area contributed by atoms with Crippen LogP contribution in [0.1, 0.15) is 41.0 Å². The lowest BCUT2D eigenvalue weighted by atomic mass is 10.2. The second-order valence-corrected chi connectivity index (χ2v) is 8.49. The van der Waals surface area contributed by atoms with Crippen molar-refractivity contribution in [2.45, 2.75) is 39.0 Å². The molecule has 0 amide bonds. The fourth-order valence-corrected chi connectivity index (χ4v) is 4.87. The number of thiazole rings is 1. The number of aromatic nitrogens is 1. The van der Waals surface area contributed by atoms with E-state index in [9.17, 15) is 8.42 Å².